The Morgan fingerprint density at radius 1 is 1.14 bits per heavy atom. The number of alkyl halides is 3. The number of pyridine rings is 1. The number of hydrogen-bond donors (Lipinski definition) is 1. The number of fused-ring (bicyclic) bond motifs is 1. The van der Waals surface area contributed by atoms with Crippen molar-refractivity contribution in [2.75, 3.05) is 25.1 Å². The van der Waals surface area contributed by atoms with Crippen LogP contribution in [0, 0.1) is 5.92 Å². The summed E-state index contributed by atoms with van der Waals surface area (Å²) in [7, 11) is 0. The first kappa shape index (κ1) is 24.2. The molecule has 1 aliphatic heterocycles. The van der Waals surface area contributed by atoms with Gasteiger partial charge in [-0.25, -0.2) is 4.98 Å². The number of nitrogens with one attached hydrogen (secondary N) is 1. The summed E-state index contributed by atoms with van der Waals surface area (Å²) in [5.41, 5.74) is -0.363. The molecule has 3 heterocycles. The third-order valence-corrected chi connectivity index (χ3v) is 7.22. The van der Waals surface area contributed by atoms with Crippen LogP contribution in [-0.2, 0) is 15.7 Å². The lowest BCUT2D eigenvalue weighted by Crippen LogP contribution is -2.35. The van der Waals surface area contributed by atoms with E-state index in [-0.39, 0.29) is 11.7 Å². The predicted molar refractivity (Wildman–Crippen MR) is 127 cm³/mol. The van der Waals surface area contributed by atoms with Gasteiger partial charge in [0.1, 0.15) is 17.1 Å². The number of aromatic nitrogens is 3. The number of benzene rings is 1. The monoisotopic (exact) mass is 516 g/mol. The molecule has 1 N–H and O–H groups in total. The number of carbonyl (C=O) groups excluding carboxylic acids is 1. The Hall–Kier alpha value is -3.18. The minimum atomic E-state index is -4.64. The molecule has 1 spiro atoms. The molecule has 11 heteroatoms. The van der Waals surface area contributed by atoms with Gasteiger partial charge in [0.2, 0.25) is 0 Å². The number of rotatable bonds is 6. The van der Waals surface area contributed by atoms with Crippen LogP contribution in [0.4, 0.5) is 18.9 Å². The molecule has 0 atom stereocenters. The van der Waals surface area contributed by atoms with E-state index in [2.05, 4.69) is 10.3 Å². The highest BCUT2D eigenvalue weighted by Crippen LogP contribution is 2.41. The molecule has 0 radical (unpaired) electrons. The quantitative estimate of drug-likeness (QED) is 0.475. The second-order valence-corrected chi connectivity index (χ2v) is 9.97. The highest BCUT2D eigenvalue weighted by molar-refractivity contribution is 6.05. The van der Waals surface area contributed by atoms with Crippen LogP contribution in [-0.4, -0.2) is 46.3 Å². The number of halogens is 3. The molecule has 2 aromatic heterocycles. The first-order chi connectivity index (χ1) is 17.8. The Bertz CT molecular complexity index is 1300. The van der Waals surface area contributed by atoms with Gasteiger partial charge in [0.25, 0.3) is 5.91 Å². The average Bonchev–Trinajstić information content (AvgIpc) is 3.46. The number of amides is 1. The summed E-state index contributed by atoms with van der Waals surface area (Å²) >= 11 is 0. The highest BCUT2D eigenvalue weighted by Gasteiger charge is 2.41. The number of anilines is 1. The Morgan fingerprint density at radius 3 is 2.59 bits per heavy atom. The molecule has 8 nitrogen and oxygen atoms in total. The van der Waals surface area contributed by atoms with Crippen LogP contribution in [0.5, 0.6) is 5.75 Å². The van der Waals surface area contributed by atoms with Gasteiger partial charge in [-0.05, 0) is 49.8 Å². The maximum Gasteiger partial charge on any atom is 0.433 e. The molecule has 1 amide bonds. The van der Waals surface area contributed by atoms with E-state index in [1.807, 2.05) is 10.9 Å². The third kappa shape index (κ3) is 5.15. The second-order valence-electron chi connectivity index (χ2n) is 9.97. The van der Waals surface area contributed by atoms with Gasteiger partial charge in [-0.15, -0.1) is 0 Å². The van der Waals surface area contributed by atoms with Crippen molar-refractivity contribution in [1.29, 1.82) is 0 Å². The SMILES string of the molecule is O=C(Nc1cc2cn(C3CCC4(CC3)OCCO4)nc2cc1OCC1CC1)c1cccc(C(F)(F)F)n1. The van der Waals surface area contributed by atoms with E-state index >= 15 is 0 Å². The van der Waals surface area contributed by atoms with Gasteiger partial charge < -0.3 is 19.5 Å². The van der Waals surface area contributed by atoms with E-state index in [0.29, 0.717) is 37.2 Å². The maximum atomic E-state index is 13.1. The van der Waals surface area contributed by atoms with Gasteiger partial charge in [-0.2, -0.15) is 18.3 Å². The molecule has 3 aromatic rings. The first-order valence-electron chi connectivity index (χ1n) is 12.6. The van der Waals surface area contributed by atoms with E-state index in [1.165, 1.54) is 12.1 Å². The van der Waals surface area contributed by atoms with E-state index in [9.17, 15) is 18.0 Å². The minimum absolute atomic E-state index is 0.189. The lowest BCUT2D eigenvalue weighted by molar-refractivity contribution is -0.181. The van der Waals surface area contributed by atoms with Crippen molar-refractivity contribution < 1.29 is 32.2 Å². The molecule has 2 saturated carbocycles. The molecular weight excluding hydrogens is 489 g/mol. The van der Waals surface area contributed by atoms with Gasteiger partial charge in [-0.1, -0.05) is 6.07 Å². The zero-order valence-electron chi connectivity index (χ0n) is 20.1. The molecule has 1 saturated heterocycles. The number of nitrogens with zero attached hydrogens (tertiary/aromatic N) is 3. The fourth-order valence-corrected chi connectivity index (χ4v) is 4.97. The lowest BCUT2D eigenvalue weighted by atomic mass is 9.90. The van der Waals surface area contributed by atoms with Gasteiger partial charge in [0, 0.05) is 30.5 Å². The van der Waals surface area contributed by atoms with Crippen LogP contribution in [0.25, 0.3) is 10.9 Å². The summed E-state index contributed by atoms with van der Waals surface area (Å²) < 4.78 is 58.9. The van der Waals surface area contributed by atoms with Crippen LogP contribution in [0.15, 0.2) is 36.5 Å². The van der Waals surface area contributed by atoms with Crippen molar-refractivity contribution in [2.24, 2.45) is 5.92 Å². The summed E-state index contributed by atoms with van der Waals surface area (Å²) in [4.78, 5) is 16.4. The summed E-state index contributed by atoms with van der Waals surface area (Å²) in [6.07, 6.45) is 2.79. The Labute approximate surface area is 211 Å². The number of carbonyl (C=O) groups is 1. The summed E-state index contributed by atoms with van der Waals surface area (Å²) in [6, 6.07) is 6.96. The van der Waals surface area contributed by atoms with Crippen LogP contribution in [0.2, 0.25) is 0 Å². The predicted octanol–water partition coefficient (Wildman–Crippen LogP) is 5.35. The van der Waals surface area contributed by atoms with E-state index in [0.717, 1.165) is 55.5 Å². The number of hydrogen-bond acceptors (Lipinski definition) is 6. The molecule has 0 bridgehead atoms. The molecule has 6 rings (SSSR count). The minimum Gasteiger partial charge on any atom is -0.491 e. The molecular formula is C26H27F3N4O4. The van der Waals surface area contributed by atoms with Gasteiger partial charge >= 0.3 is 6.18 Å². The molecule has 37 heavy (non-hydrogen) atoms. The van der Waals surface area contributed by atoms with E-state index in [1.54, 1.807) is 12.1 Å². The molecule has 196 valence electrons. The lowest BCUT2D eigenvalue weighted by Gasteiger charge is -2.35. The van der Waals surface area contributed by atoms with Crippen LogP contribution < -0.4 is 10.1 Å². The van der Waals surface area contributed by atoms with E-state index in [4.69, 9.17) is 19.3 Å². The van der Waals surface area contributed by atoms with Gasteiger partial charge in [-0.3, -0.25) is 9.48 Å². The first-order valence-corrected chi connectivity index (χ1v) is 12.6. The van der Waals surface area contributed by atoms with Crippen molar-refractivity contribution in [3.63, 3.8) is 0 Å². The van der Waals surface area contributed by atoms with Crippen LogP contribution >= 0.6 is 0 Å². The molecule has 2 aliphatic carbocycles. The van der Waals surface area contributed by atoms with Crippen molar-refractivity contribution in [1.82, 2.24) is 14.8 Å². The Morgan fingerprint density at radius 2 is 1.89 bits per heavy atom. The van der Waals surface area contributed by atoms with E-state index < -0.39 is 23.6 Å². The fourth-order valence-electron chi connectivity index (χ4n) is 4.97. The molecule has 0 unspecified atom stereocenters. The topological polar surface area (TPSA) is 87.5 Å². The van der Waals surface area contributed by atoms with Crippen LogP contribution in [0.3, 0.4) is 0 Å². The van der Waals surface area contributed by atoms with Crippen molar-refractivity contribution in [3.8, 4) is 5.75 Å². The third-order valence-electron chi connectivity index (χ3n) is 7.22. The standard InChI is InChI=1S/C26H27F3N4O4/c27-26(28,29)23-3-1-2-19(30-23)24(34)31-21-12-17-14-33(18-6-8-25(9-7-18)36-10-11-37-25)32-20(17)13-22(21)35-15-16-4-5-16/h1-3,12-14,16,18H,4-11,15H2,(H,31,34). The average molecular weight is 517 g/mol. The largest absolute Gasteiger partial charge is 0.491 e. The smallest absolute Gasteiger partial charge is 0.433 e. The number of ether oxygens (including phenoxy) is 3. The zero-order chi connectivity index (χ0) is 25.6. The fraction of sp³-hybridized carbons (Fsp3) is 0.500. The summed E-state index contributed by atoms with van der Waals surface area (Å²) in [5.74, 6) is -0.304. The van der Waals surface area contributed by atoms with Crippen molar-refractivity contribution in [2.45, 2.75) is 56.5 Å². The Balaban J connectivity index is 1.25. The summed E-state index contributed by atoms with van der Waals surface area (Å²) in [5, 5.41) is 8.27. The Kier molecular flexibility index (Phi) is 6.07. The molecule has 3 fully saturated rings. The van der Waals surface area contributed by atoms with Crippen molar-refractivity contribution in [3.05, 3.63) is 47.9 Å². The summed E-state index contributed by atoms with van der Waals surface area (Å²) in [6.45, 7) is 1.76. The second kappa shape index (κ2) is 9.29. The molecule has 1 aromatic carbocycles. The zero-order valence-corrected chi connectivity index (χ0v) is 20.1. The highest BCUT2D eigenvalue weighted by atomic mass is 19.4. The normalized spacial score (nSPS) is 20.0. The van der Waals surface area contributed by atoms with Crippen molar-refractivity contribution >= 4 is 22.5 Å². The van der Waals surface area contributed by atoms with Crippen LogP contribution in [0.1, 0.15) is 60.7 Å². The molecule has 3 aliphatic rings. The van der Waals surface area contributed by atoms with Gasteiger partial charge in [0.05, 0.1) is 37.1 Å². The van der Waals surface area contributed by atoms with Gasteiger partial charge in [0.15, 0.2) is 5.79 Å². The maximum absolute atomic E-state index is 13.1.